The van der Waals surface area contributed by atoms with Gasteiger partial charge in [-0.2, -0.15) is 0 Å². The Hall–Kier alpha value is -1.000. The van der Waals surface area contributed by atoms with Crippen molar-refractivity contribution in [1.82, 2.24) is 4.90 Å². The van der Waals surface area contributed by atoms with E-state index in [4.69, 9.17) is 0 Å². The zero-order chi connectivity index (χ0) is 11.4. The quantitative estimate of drug-likeness (QED) is 0.765. The minimum atomic E-state index is -0.793. The lowest BCUT2D eigenvalue weighted by Gasteiger charge is -2.09. The van der Waals surface area contributed by atoms with Gasteiger partial charge in [0.25, 0.3) is 0 Å². The zero-order valence-corrected chi connectivity index (χ0v) is 9.98. The number of hydrogen-bond donors (Lipinski definition) is 0. The van der Waals surface area contributed by atoms with Gasteiger partial charge in [0.1, 0.15) is 11.6 Å². The molecule has 0 bridgehead atoms. The van der Waals surface area contributed by atoms with Gasteiger partial charge < -0.3 is 4.90 Å². The maximum absolute atomic E-state index is 13.2. The van der Waals surface area contributed by atoms with E-state index in [-0.39, 0.29) is 18.8 Å². The highest BCUT2D eigenvalue weighted by molar-refractivity contribution is 5.96. The van der Waals surface area contributed by atoms with E-state index < -0.39 is 23.0 Å². The number of halogens is 3. The summed E-state index contributed by atoms with van der Waals surface area (Å²) < 4.78 is 26.3. The molecule has 0 heterocycles. The van der Waals surface area contributed by atoms with E-state index in [1.54, 1.807) is 19.0 Å². The molecule has 2 nitrogen and oxygen atoms in total. The third-order valence-electron chi connectivity index (χ3n) is 2.03. The van der Waals surface area contributed by atoms with Crippen molar-refractivity contribution in [2.24, 2.45) is 0 Å². The summed E-state index contributed by atoms with van der Waals surface area (Å²) in [5, 5.41) is 0. The number of rotatable bonds is 4. The first kappa shape index (κ1) is 15.0. The Labute approximate surface area is 99.7 Å². The summed E-state index contributed by atoms with van der Waals surface area (Å²) in [4.78, 5) is 13.3. The van der Waals surface area contributed by atoms with Crippen LogP contribution in [0.1, 0.15) is 16.8 Å². The fourth-order valence-electron chi connectivity index (χ4n) is 1.21. The van der Waals surface area contributed by atoms with Gasteiger partial charge >= 0.3 is 0 Å². The Balaban J connectivity index is 0.00000225. The summed E-state index contributed by atoms with van der Waals surface area (Å²) in [6, 6.07) is 3.42. The smallest absolute Gasteiger partial charge is 0.170 e. The second-order valence-electron chi connectivity index (χ2n) is 3.57. The molecule has 1 aromatic carbocycles. The number of benzene rings is 1. The fraction of sp³-hybridized carbons (Fsp3) is 0.364. The van der Waals surface area contributed by atoms with Crippen molar-refractivity contribution in [3.05, 3.63) is 35.4 Å². The molecule has 5 heteroatoms. The summed E-state index contributed by atoms with van der Waals surface area (Å²) in [5.41, 5.74) is -0.431. The van der Waals surface area contributed by atoms with E-state index >= 15 is 0 Å². The molecular weight excluding hydrogens is 236 g/mol. The number of ketones is 1. The van der Waals surface area contributed by atoms with E-state index in [2.05, 4.69) is 0 Å². The van der Waals surface area contributed by atoms with Gasteiger partial charge in [0.05, 0.1) is 5.56 Å². The topological polar surface area (TPSA) is 20.3 Å². The van der Waals surface area contributed by atoms with Crippen LogP contribution in [0.4, 0.5) is 8.78 Å². The van der Waals surface area contributed by atoms with Crippen LogP contribution in [0.2, 0.25) is 0 Å². The zero-order valence-electron chi connectivity index (χ0n) is 9.17. The van der Waals surface area contributed by atoms with Gasteiger partial charge in [-0.05, 0) is 26.2 Å². The van der Waals surface area contributed by atoms with Gasteiger partial charge in [-0.1, -0.05) is 6.07 Å². The third kappa shape index (κ3) is 3.87. The van der Waals surface area contributed by atoms with E-state index in [0.717, 1.165) is 12.1 Å². The molecule has 16 heavy (non-hydrogen) atoms. The van der Waals surface area contributed by atoms with Crippen LogP contribution in [0.25, 0.3) is 0 Å². The molecule has 0 radical (unpaired) electrons. The number of hydrogen-bond acceptors (Lipinski definition) is 2. The van der Waals surface area contributed by atoms with Gasteiger partial charge in [-0.15, -0.1) is 12.4 Å². The maximum atomic E-state index is 13.2. The van der Waals surface area contributed by atoms with Gasteiger partial charge in [-0.3, -0.25) is 4.79 Å². The van der Waals surface area contributed by atoms with Crippen molar-refractivity contribution < 1.29 is 13.6 Å². The van der Waals surface area contributed by atoms with Crippen LogP contribution < -0.4 is 0 Å². The molecule has 0 unspecified atom stereocenters. The van der Waals surface area contributed by atoms with Crippen molar-refractivity contribution in [1.29, 1.82) is 0 Å². The molecule has 0 aliphatic heterocycles. The SMILES string of the molecule is CN(C)CCC(=O)c1c(F)cccc1F.Cl. The molecule has 0 saturated carbocycles. The highest BCUT2D eigenvalue weighted by Crippen LogP contribution is 2.14. The van der Waals surface area contributed by atoms with Crippen molar-refractivity contribution >= 4 is 18.2 Å². The second kappa shape index (κ2) is 6.55. The van der Waals surface area contributed by atoms with Gasteiger partial charge in [0, 0.05) is 13.0 Å². The van der Waals surface area contributed by atoms with Crippen LogP contribution in [0.5, 0.6) is 0 Å². The number of Topliss-reactive ketones (excluding diaryl/α,β-unsaturated/α-hetero) is 1. The van der Waals surface area contributed by atoms with Gasteiger partial charge in [0.2, 0.25) is 0 Å². The van der Waals surface area contributed by atoms with Crippen molar-refractivity contribution in [3.8, 4) is 0 Å². The van der Waals surface area contributed by atoms with Gasteiger partial charge in [0.15, 0.2) is 5.78 Å². The Morgan fingerprint density at radius 3 is 2.19 bits per heavy atom. The average molecular weight is 250 g/mol. The monoisotopic (exact) mass is 249 g/mol. The molecule has 90 valence electrons. The van der Waals surface area contributed by atoms with E-state index in [9.17, 15) is 13.6 Å². The summed E-state index contributed by atoms with van der Waals surface area (Å²) in [7, 11) is 3.59. The summed E-state index contributed by atoms with van der Waals surface area (Å²) in [6.07, 6.45) is 0.116. The van der Waals surface area contributed by atoms with Crippen LogP contribution in [0.3, 0.4) is 0 Å². The first-order valence-electron chi connectivity index (χ1n) is 4.64. The predicted octanol–water partition coefficient (Wildman–Crippen LogP) is 2.52. The average Bonchev–Trinajstić information content (AvgIpc) is 2.14. The second-order valence-corrected chi connectivity index (χ2v) is 3.57. The van der Waals surface area contributed by atoms with Crippen LogP contribution in [-0.4, -0.2) is 31.3 Å². The fourth-order valence-corrected chi connectivity index (χ4v) is 1.21. The molecular formula is C11H14ClF2NO. The Kier molecular flexibility index (Phi) is 6.14. The lowest BCUT2D eigenvalue weighted by Crippen LogP contribution is -2.18. The molecule has 0 aliphatic carbocycles. The van der Waals surface area contributed by atoms with Crippen LogP contribution in [0.15, 0.2) is 18.2 Å². The Bertz CT molecular complexity index is 349. The largest absolute Gasteiger partial charge is 0.309 e. The highest BCUT2D eigenvalue weighted by atomic mass is 35.5. The van der Waals surface area contributed by atoms with Crippen molar-refractivity contribution in [2.75, 3.05) is 20.6 Å². The summed E-state index contributed by atoms with van der Waals surface area (Å²) in [6.45, 7) is 0.479. The molecule has 0 atom stereocenters. The van der Waals surface area contributed by atoms with E-state index in [1.807, 2.05) is 0 Å². The normalized spacial score (nSPS) is 10.1. The summed E-state index contributed by atoms with van der Waals surface area (Å²) in [5.74, 6) is -2.09. The molecule has 1 aromatic rings. The maximum Gasteiger partial charge on any atom is 0.170 e. The van der Waals surface area contributed by atoms with Crippen LogP contribution in [0, 0.1) is 11.6 Å². The lowest BCUT2D eigenvalue weighted by atomic mass is 10.1. The molecule has 0 spiro atoms. The molecule has 0 aliphatic rings. The minimum Gasteiger partial charge on any atom is -0.309 e. The van der Waals surface area contributed by atoms with Crippen molar-refractivity contribution in [2.45, 2.75) is 6.42 Å². The first-order chi connectivity index (χ1) is 7.02. The number of carbonyl (C=O) groups excluding carboxylic acids is 1. The molecule has 1 rings (SSSR count). The minimum absolute atomic E-state index is 0. The third-order valence-corrected chi connectivity index (χ3v) is 2.03. The van der Waals surface area contributed by atoms with Crippen molar-refractivity contribution in [3.63, 3.8) is 0 Å². The number of carbonyl (C=O) groups is 1. The molecule has 0 N–H and O–H groups in total. The molecule has 0 aromatic heterocycles. The van der Waals surface area contributed by atoms with Crippen LogP contribution in [-0.2, 0) is 0 Å². The summed E-state index contributed by atoms with van der Waals surface area (Å²) >= 11 is 0. The highest BCUT2D eigenvalue weighted by Gasteiger charge is 2.16. The first-order valence-corrected chi connectivity index (χ1v) is 4.64. The molecule has 0 saturated heterocycles. The molecule has 0 amide bonds. The van der Waals surface area contributed by atoms with Gasteiger partial charge in [-0.25, -0.2) is 8.78 Å². The van der Waals surface area contributed by atoms with E-state index in [1.165, 1.54) is 6.07 Å². The van der Waals surface area contributed by atoms with Crippen LogP contribution >= 0.6 is 12.4 Å². The Morgan fingerprint density at radius 2 is 1.75 bits per heavy atom. The lowest BCUT2D eigenvalue weighted by molar-refractivity contribution is 0.0964. The number of nitrogens with zero attached hydrogens (tertiary/aromatic N) is 1. The van der Waals surface area contributed by atoms with E-state index in [0.29, 0.717) is 6.54 Å². The molecule has 0 fully saturated rings. The standard InChI is InChI=1S/C11H13F2NO.ClH/c1-14(2)7-6-10(15)11-8(12)4-3-5-9(11)13;/h3-5H,6-7H2,1-2H3;1H. The Morgan fingerprint density at radius 1 is 1.25 bits per heavy atom. The predicted molar refractivity (Wildman–Crippen MR) is 61.1 cm³/mol.